The van der Waals surface area contributed by atoms with Gasteiger partial charge in [-0.3, -0.25) is 9.69 Å². The first-order chi connectivity index (χ1) is 5.27. The summed E-state index contributed by atoms with van der Waals surface area (Å²) in [5.74, 6) is 0.444. The minimum absolute atomic E-state index is 0. The molecule has 2 unspecified atom stereocenters. The van der Waals surface area contributed by atoms with Crippen LogP contribution in [0.25, 0.3) is 0 Å². The van der Waals surface area contributed by atoms with E-state index in [0.717, 1.165) is 25.9 Å². The van der Waals surface area contributed by atoms with Gasteiger partial charge in [0.05, 0.1) is 0 Å². The van der Waals surface area contributed by atoms with Crippen LogP contribution >= 0.6 is 12.4 Å². The van der Waals surface area contributed by atoms with Crippen molar-refractivity contribution in [2.24, 2.45) is 0 Å². The van der Waals surface area contributed by atoms with E-state index in [-0.39, 0.29) is 12.4 Å². The molecule has 2 fully saturated rings. The van der Waals surface area contributed by atoms with Gasteiger partial charge >= 0.3 is 0 Å². The van der Waals surface area contributed by atoms with Crippen LogP contribution in [0.5, 0.6) is 0 Å². The SMILES string of the molecule is CN1C2CNCC1CC(=O)C2.Cl. The Hall–Kier alpha value is -0.120. The Bertz CT molecular complexity index is 170. The van der Waals surface area contributed by atoms with Gasteiger partial charge < -0.3 is 5.32 Å². The highest BCUT2D eigenvalue weighted by Crippen LogP contribution is 2.20. The molecular formula is C8H15ClN2O. The lowest BCUT2D eigenvalue weighted by Gasteiger charge is -2.43. The number of nitrogens with one attached hydrogen (secondary N) is 1. The van der Waals surface area contributed by atoms with Crippen LogP contribution < -0.4 is 5.32 Å². The van der Waals surface area contributed by atoms with Crippen molar-refractivity contribution in [1.82, 2.24) is 10.2 Å². The number of rotatable bonds is 0. The predicted molar refractivity (Wildman–Crippen MR) is 49.7 cm³/mol. The van der Waals surface area contributed by atoms with E-state index in [1.807, 2.05) is 0 Å². The summed E-state index contributed by atoms with van der Waals surface area (Å²) < 4.78 is 0. The van der Waals surface area contributed by atoms with Crippen LogP contribution in [0.3, 0.4) is 0 Å². The molecule has 0 aromatic carbocycles. The fourth-order valence-corrected chi connectivity index (χ4v) is 2.04. The van der Waals surface area contributed by atoms with Crippen molar-refractivity contribution in [2.75, 3.05) is 20.1 Å². The highest BCUT2D eigenvalue weighted by Gasteiger charge is 2.34. The van der Waals surface area contributed by atoms with Gasteiger partial charge in [0.15, 0.2) is 0 Å². The number of fused-ring (bicyclic) bond motifs is 2. The summed E-state index contributed by atoms with van der Waals surface area (Å²) in [5, 5.41) is 3.34. The molecule has 0 radical (unpaired) electrons. The van der Waals surface area contributed by atoms with Crippen LogP contribution in [0.2, 0.25) is 0 Å². The van der Waals surface area contributed by atoms with E-state index in [0.29, 0.717) is 17.9 Å². The number of likely N-dealkylation sites (N-methyl/N-ethyl adjacent to an activating group) is 1. The van der Waals surface area contributed by atoms with Crippen molar-refractivity contribution < 1.29 is 4.79 Å². The highest BCUT2D eigenvalue weighted by atomic mass is 35.5. The molecule has 0 spiro atoms. The number of hydrogen-bond donors (Lipinski definition) is 1. The minimum Gasteiger partial charge on any atom is -0.314 e. The first-order valence-corrected chi connectivity index (χ1v) is 4.21. The van der Waals surface area contributed by atoms with Crippen LogP contribution in [-0.2, 0) is 4.79 Å². The molecule has 4 heteroatoms. The van der Waals surface area contributed by atoms with Gasteiger partial charge in [-0.1, -0.05) is 0 Å². The molecular weight excluding hydrogens is 176 g/mol. The van der Waals surface area contributed by atoms with E-state index >= 15 is 0 Å². The number of Topliss-reactive ketones (excluding diaryl/α,β-unsaturated/α-hetero) is 1. The largest absolute Gasteiger partial charge is 0.314 e. The standard InChI is InChI=1S/C8H14N2O.ClH/c1-10-6-2-8(11)3-7(10)5-9-4-6;/h6-7,9H,2-5H2,1H3;1H. The fraction of sp³-hybridized carbons (Fsp3) is 0.875. The summed E-state index contributed by atoms with van der Waals surface area (Å²) in [5.41, 5.74) is 0. The summed E-state index contributed by atoms with van der Waals surface area (Å²) in [6, 6.07) is 0.935. The Kier molecular flexibility index (Phi) is 3.09. The van der Waals surface area contributed by atoms with E-state index in [9.17, 15) is 4.79 Å². The Morgan fingerprint density at radius 2 is 1.83 bits per heavy atom. The van der Waals surface area contributed by atoms with Gasteiger partial charge in [0.2, 0.25) is 0 Å². The third-order valence-electron chi connectivity index (χ3n) is 2.84. The highest BCUT2D eigenvalue weighted by molar-refractivity contribution is 5.85. The van der Waals surface area contributed by atoms with Gasteiger partial charge in [-0.25, -0.2) is 0 Å². The van der Waals surface area contributed by atoms with Crippen molar-refractivity contribution >= 4 is 18.2 Å². The van der Waals surface area contributed by atoms with E-state index in [1.165, 1.54) is 0 Å². The van der Waals surface area contributed by atoms with Crippen molar-refractivity contribution in [1.29, 1.82) is 0 Å². The molecule has 0 aliphatic carbocycles. The molecule has 2 aliphatic heterocycles. The monoisotopic (exact) mass is 190 g/mol. The maximum atomic E-state index is 11.2. The zero-order valence-electron chi connectivity index (χ0n) is 7.25. The molecule has 0 aromatic rings. The maximum Gasteiger partial charge on any atom is 0.136 e. The summed E-state index contributed by atoms with van der Waals surface area (Å²) >= 11 is 0. The van der Waals surface area contributed by atoms with Crippen LogP contribution in [0, 0.1) is 0 Å². The maximum absolute atomic E-state index is 11.2. The summed E-state index contributed by atoms with van der Waals surface area (Å²) in [4.78, 5) is 13.5. The molecule has 0 amide bonds. The molecule has 0 aromatic heterocycles. The number of piperazine rings is 1. The first-order valence-electron chi connectivity index (χ1n) is 4.21. The second-order valence-electron chi connectivity index (χ2n) is 3.58. The smallest absolute Gasteiger partial charge is 0.136 e. The average Bonchev–Trinajstić information content (AvgIpc) is 1.92. The Morgan fingerprint density at radius 1 is 1.33 bits per heavy atom. The van der Waals surface area contributed by atoms with Crippen LogP contribution in [0.4, 0.5) is 0 Å². The van der Waals surface area contributed by atoms with Crippen molar-refractivity contribution in [3.63, 3.8) is 0 Å². The fourth-order valence-electron chi connectivity index (χ4n) is 2.04. The zero-order valence-corrected chi connectivity index (χ0v) is 8.06. The topological polar surface area (TPSA) is 32.3 Å². The van der Waals surface area contributed by atoms with E-state index in [2.05, 4.69) is 17.3 Å². The van der Waals surface area contributed by atoms with E-state index in [4.69, 9.17) is 0 Å². The van der Waals surface area contributed by atoms with Gasteiger partial charge in [0, 0.05) is 38.0 Å². The number of halogens is 1. The lowest BCUT2D eigenvalue weighted by molar-refractivity contribution is -0.125. The second kappa shape index (κ2) is 3.73. The zero-order chi connectivity index (χ0) is 7.84. The Labute approximate surface area is 78.9 Å². The average molecular weight is 191 g/mol. The molecule has 3 nitrogen and oxygen atoms in total. The van der Waals surface area contributed by atoms with Crippen molar-refractivity contribution in [3.05, 3.63) is 0 Å². The van der Waals surface area contributed by atoms with Crippen LogP contribution in [0.1, 0.15) is 12.8 Å². The number of hydrogen-bond acceptors (Lipinski definition) is 3. The lowest BCUT2D eigenvalue weighted by Crippen LogP contribution is -2.59. The van der Waals surface area contributed by atoms with Gasteiger partial charge in [0.1, 0.15) is 5.78 Å². The molecule has 2 atom stereocenters. The van der Waals surface area contributed by atoms with Gasteiger partial charge in [0.25, 0.3) is 0 Å². The predicted octanol–water partition coefficient (Wildman–Crippen LogP) is 0.0433. The number of nitrogens with zero attached hydrogens (tertiary/aromatic N) is 1. The molecule has 2 bridgehead atoms. The van der Waals surface area contributed by atoms with Crippen LogP contribution in [0.15, 0.2) is 0 Å². The Balaban J connectivity index is 0.000000720. The third-order valence-corrected chi connectivity index (χ3v) is 2.84. The Morgan fingerprint density at radius 3 is 2.33 bits per heavy atom. The number of carbonyl (C=O) groups is 1. The first kappa shape index (κ1) is 9.96. The lowest BCUT2D eigenvalue weighted by atomic mass is 9.92. The number of ketones is 1. The van der Waals surface area contributed by atoms with E-state index < -0.39 is 0 Å². The number of piperidine rings is 1. The molecule has 2 rings (SSSR count). The normalized spacial score (nSPS) is 35.9. The summed E-state index contributed by atoms with van der Waals surface area (Å²) in [6.45, 7) is 1.97. The van der Waals surface area contributed by atoms with Gasteiger partial charge in [-0.15, -0.1) is 12.4 Å². The molecule has 12 heavy (non-hydrogen) atoms. The summed E-state index contributed by atoms with van der Waals surface area (Å²) in [6.07, 6.45) is 1.50. The van der Waals surface area contributed by atoms with Crippen LogP contribution in [-0.4, -0.2) is 42.9 Å². The quantitative estimate of drug-likeness (QED) is 0.586. The second-order valence-corrected chi connectivity index (χ2v) is 3.58. The molecule has 0 saturated carbocycles. The third kappa shape index (κ3) is 1.63. The molecule has 2 heterocycles. The van der Waals surface area contributed by atoms with Gasteiger partial charge in [-0.05, 0) is 7.05 Å². The molecule has 2 aliphatic rings. The van der Waals surface area contributed by atoms with Crippen molar-refractivity contribution in [3.8, 4) is 0 Å². The molecule has 70 valence electrons. The number of carbonyl (C=O) groups excluding carboxylic acids is 1. The van der Waals surface area contributed by atoms with Gasteiger partial charge in [-0.2, -0.15) is 0 Å². The van der Waals surface area contributed by atoms with Crippen molar-refractivity contribution in [2.45, 2.75) is 24.9 Å². The molecule has 1 N–H and O–H groups in total. The minimum atomic E-state index is 0. The molecule has 2 saturated heterocycles. The summed E-state index contributed by atoms with van der Waals surface area (Å²) in [7, 11) is 2.13. The van der Waals surface area contributed by atoms with E-state index in [1.54, 1.807) is 0 Å².